The molecule has 0 radical (unpaired) electrons. The summed E-state index contributed by atoms with van der Waals surface area (Å²) in [5.41, 5.74) is 1.25. The molecule has 1 heterocycles. The van der Waals surface area contributed by atoms with Gasteiger partial charge in [0.2, 0.25) is 10.0 Å². The third-order valence-corrected chi connectivity index (χ3v) is 6.30. The van der Waals surface area contributed by atoms with E-state index in [4.69, 9.17) is 4.74 Å². The number of benzene rings is 2. The molecule has 0 aromatic heterocycles. The third kappa shape index (κ3) is 4.24. The number of rotatable bonds is 5. The van der Waals surface area contributed by atoms with Crippen LogP contribution in [0.4, 0.5) is 4.39 Å². The SMILES string of the molecule is COCc1ccccc1S(=O)(=O)N1CCNCC1c1cccc(F)c1.Cl. The summed E-state index contributed by atoms with van der Waals surface area (Å²) in [6, 6.07) is 12.5. The van der Waals surface area contributed by atoms with Gasteiger partial charge in [-0.1, -0.05) is 30.3 Å². The van der Waals surface area contributed by atoms with Crippen molar-refractivity contribution in [3.05, 3.63) is 65.5 Å². The van der Waals surface area contributed by atoms with Crippen molar-refractivity contribution in [3.63, 3.8) is 0 Å². The van der Waals surface area contributed by atoms with Crippen LogP contribution in [0.25, 0.3) is 0 Å². The molecule has 0 spiro atoms. The summed E-state index contributed by atoms with van der Waals surface area (Å²) >= 11 is 0. The van der Waals surface area contributed by atoms with Crippen LogP contribution in [0.1, 0.15) is 17.2 Å². The first kappa shape index (κ1) is 20.8. The maximum Gasteiger partial charge on any atom is 0.244 e. The minimum atomic E-state index is -3.73. The molecule has 1 fully saturated rings. The van der Waals surface area contributed by atoms with Crippen molar-refractivity contribution in [2.45, 2.75) is 17.5 Å². The summed E-state index contributed by atoms with van der Waals surface area (Å²) in [4.78, 5) is 0.236. The Hall–Kier alpha value is -1.51. The first-order chi connectivity index (χ1) is 12.0. The van der Waals surface area contributed by atoms with E-state index < -0.39 is 16.1 Å². The highest BCUT2D eigenvalue weighted by molar-refractivity contribution is 7.89. The number of ether oxygens (including phenoxy) is 1. The highest BCUT2D eigenvalue weighted by Crippen LogP contribution is 2.30. The lowest BCUT2D eigenvalue weighted by Crippen LogP contribution is -2.48. The first-order valence-corrected chi connectivity index (χ1v) is 9.53. The molecular weight excluding hydrogens is 379 g/mol. The van der Waals surface area contributed by atoms with Crippen molar-refractivity contribution in [1.82, 2.24) is 9.62 Å². The van der Waals surface area contributed by atoms with Crippen molar-refractivity contribution < 1.29 is 17.5 Å². The van der Waals surface area contributed by atoms with E-state index in [9.17, 15) is 12.8 Å². The van der Waals surface area contributed by atoms with Gasteiger partial charge in [0.05, 0.1) is 17.5 Å². The van der Waals surface area contributed by atoms with E-state index >= 15 is 0 Å². The molecule has 5 nitrogen and oxygen atoms in total. The Bertz CT molecular complexity index is 848. The summed E-state index contributed by atoms with van der Waals surface area (Å²) in [6.07, 6.45) is 0. The summed E-state index contributed by atoms with van der Waals surface area (Å²) in [6.45, 7) is 1.53. The van der Waals surface area contributed by atoms with Crippen molar-refractivity contribution in [2.75, 3.05) is 26.7 Å². The Morgan fingerprint density at radius 3 is 2.73 bits per heavy atom. The fourth-order valence-electron chi connectivity index (χ4n) is 3.13. The zero-order chi connectivity index (χ0) is 17.9. The van der Waals surface area contributed by atoms with Crippen molar-refractivity contribution >= 4 is 22.4 Å². The van der Waals surface area contributed by atoms with Gasteiger partial charge in [0.1, 0.15) is 5.82 Å². The molecule has 1 aliphatic rings. The van der Waals surface area contributed by atoms with E-state index in [0.717, 1.165) is 0 Å². The quantitative estimate of drug-likeness (QED) is 0.838. The summed E-state index contributed by atoms with van der Waals surface area (Å²) in [5.74, 6) is -0.375. The van der Waals surface area contributed by atoms with E-state index in [1.807, 2.05) is 0 Å². The molecule has 1 N–H and O–H groups in total. The monoisotopic (exact) mass is 400 g/mol. The molecule has 1 unspecified atom stereocenters. The second kappa shape index (κ2) is 8.92. The van der Waals surface area contributed by atoms with E-state index in [0.29, 0.717) is 30.8 Å². The Balaban J connectivity index is 0.00000243. The van der Waals surface area contributed by atoms with Gasteiger partial charge < -0.3 is 10.1 Å². The minimum absolute atomic E-state index is 0. The fourth-order valence-corrected chi connectivity index (χ4v) is 4.95. The molecular formula is C18H22ClFN2O3S. The zero-order valence-electron chi connectivity index (χ0n) is 14.4. The lowest BCUT2D eigenvalue weighted by molar-refractivity contribution is 0.182. The van der Waals surface area contributed by atoms with Crippen LogP contribution >= 0.6 is 12.4 Å². The molecule has 26 heavy (non-hydrogen) atoms. The van der Waals surface area contributed by atoms with Crippen LogP contribution in [0.5, 0.6) is 0 Å². The number of halogens is 2. The second-order valence-corrected chi connectivity index (χ2v) is 7.79. The molecule has 1 aliphatic heterocycles. The van der Waals surface area contributed by atoms with Gasteiger partial charge in [0, 0.05) is 26.7 Å². The molecule has 0 bridgehead atoms. The van der Waals surface area contributed by atoms with Crippen LogP contribution in [0.15, 0.2) is 53.4 Å². The van der Waals surface area contributed by atoms with Gasteiger partial charge in [0.25, 0.3) is 0 Å². The molecule has 3 rings (SSSR count). The minimum Gasteiger partial charge on any atom is -0.380 e. The third-order valence-electron chi connectivity index (χ3n) is 4.29. The molecule has 1 saturated heterocycles. The predicted molar refractivity (Wildman–Crippen MR) is 100 cm³/mol. The van der Waals surface area contributed by atoms with Crippen LogP contribution in [-0.2, 0) is 21.4 Å². The molecule has 8 heteroatoms. The summed E-state index contributed by atoms with van der Waals surface area (Å²) in [5, 5.41) is 3.19. The number of sulfonamides is 1. The molecule has 0 saturated carbocycles. The summed E-state index contributed by atoms with van der Waals surface area (Å²) < 4.78 is 46.8. The number of hydrogen-bond donors (Lipinski definition) is 1. The molecule has 2 aromatic carbocycles. The van der Waals surface area contributed by atoms with Crippen molar-refractivity contribution in [1.29, 1.82) is 0 Å². The second-order valence-electron chi connectivity index (χ2n) is 5.93. The van der Waals surface area contributed by atoms with Crippen LogP contribution in [0.3, 0.4) is 0 Å². The predicted octanol–water partition coefficient (Wildman–Crippen LogP) is 2.73. The number of nitrogens with zero attached hydrogens (tertiary/aromatic N) is 1. The average Bonchev–Trinajstić information content (AvgIpc) is 2.62. The average molecular weight is 401 g/mol. The molecule has 2 aromatic rings. The van der Waals surface area contributed by atoms with E-state index in [2.05, 4.69) is 5.32 Å². The van der Waals surface area contributed by atoms with Gasteiger partial charge in [-0.05, 0) is 29.3 Å². The molecule has 142 valence electrons. The van der Waals surface area contributed by atoms with Gasteiger partial charge in [0.15, 0.2) is 0 Å². The van der Waals surface area contributed by atoms with Gasteiger partial charge >= 0.3 is 0 Å². The normalized spacial score (nSPS) is 18.3. The first-order valence-electron chi connectivity index (χ1n) is 8.09. The standard InChI is InChI=1S/C18H21FN2O3S.ClH/c1-24-13-15-5-2-3-8-18(15)25(22,23)21-10-9-20-12-17(21)14-6-4-7-16(19)11-14;/h2-8,11,17,20H,9-10,12-13H2,1H3;1H. The Morgan fingerprint density at radius 2 is 2.00 bits per heavy atom. The smallest absolute Gasteiger partial charge is 0.244 e. The molecule has 0 amide bonds. The van der Waals surface area contributed by atoms with Crippen molar-refractivity contribution in [3.8, 4) is 0 Å². The van der Waals surface area contributed by atoms with Crippen LogP contribution in [0.2, 0.25) is 0 Å². The number of hydrogen-bond acceptors (Lipinski definition) is 4. The Kier molecular flexibility index (Phi) is 7.14. The summed E-state index contributed by atoms with van der Waals surface area (Å²) in [7, 11) is -2.20. The topological polar surface area (TPSA) is 58.6 Å². The molecule has 0 aliphatic carbocycles. The number of piperazine rings is 1. The van der Waals surface area contributed by atoms with Crippen LogP contribution < -0.4 is 5.32 Å². The maximum atomic E-state index is 13.6. The highest BCUT2D eigenvalue weighted by Gasteiger charge is 2.35. The lowest BCUT2D eigenvalue weighted by atomic mass is 10.1. The Morgan fingerprint density at radius 1 is 1.23 bits per heavy atom. The van der Waals surface area contributed by atoms with Crippen LogP contribution in [0, 0.1) is 5.82 Å². The fraction of sp³-hybridized carbons (Fsp3) is 0.333. The maximum absolute atomic E-state index is 13.6. The largest absolute Gasteiger partial charge is 0.380 e. The van der Waals surface area contributed by atoms with Gasteiger partial charge in [-0.15, -0.1) is 12.4 Å². The zero-order valence-corrected chi connectivity index (χ0v) is 16.0. The number of nitrogens with one attached hydrogen (secondary N) is 1. The lowest BCUT2D eigenvalue weighted by Gasteiger charge is -2.35. The van der Waals surface area contributed by atoms with Crippen LogP contribution in [-0.4, -0.2) is 39.5 Å². The van der Waals surface area contributed by atoms with Gasteiger partial charge in [-0.2, -0.15) is 4.31 Å². The van der Waals surface area contributed by atoms with Gasteiger partial charge in [-0.25, -0.2) is 12.8 Å². The van der Waals surface area contributed by atoms with Gasteiger partial charge in [-0.3, -0.25) is 0 Å². The number of methoxy groups -OCH3 is 1. The van der Waals surface area contributed by atoms with E-state index in [-0.39, 0.29) is 29.7 Å². The van der Waals surface area contributed by atoms with Crippen molar-refractivity contribution in [2.24, 2.45) is 0 Å². The Labute approximate surface area is 159 Å². The highest BCUT2D eigenvalue weighted by atomic mass is 35.5. The van der Waals surface area contributed by atoms with E-state index in [1.165, 1.54) is 23.5 Å². The van der Waals surface area contributed by atoms with E-state index in [1.54, 1.807) is 36.4 Å². The molecule has 1 atom stereocenters.